The third-order valence-corrected chi connectivity index (χ3v) is 3.63. The van der Waals surface area contributed by atoms with Gasteiger partial charge in [-0.15, -0.1) is 0 Å². The highest BCUT2D eigenvalue weighted by molar-refractivity contribution is 6.31. The SMILES string of the molecule is Cc1cccc(CCC(O)Cc2ccccc2Cl)c1. The predicted molar refractivity (Wildman–Crippen MR) is 80.7 cm³/mol. The standard InChI is InChI=1S/C17H19ClO/c1-13-5-4-6-14(11-13)9-10-16(19)12-15-7-2-3-8-17(15)18/h2-8,11,16,19H,9-10,12H2,1H3. The van der Waals surface area contributed by atoms with Crippen LogP contribution in [0.15, 0.2) is 48.5 Å². The van der Waals surface area contributed by atoms with Crippen molar-refractivity contribution in [3.05, 3.63) is 70.2 Å². The van der Waals surface area contributed by atoms with Crippen molar-refractivity contribution >= 4 is 11.6 Å². The second-order valence-electron chi connectivity index (χ2n) is 4.98. The summed E-state index contributed by atoms with van der Waals surface area (Å²) in [4.78, 5) is 0. The van der Waals surface area contributed by atoms with E-state index in [1.54, 1.807) is 0 Å². The Bertz CT molecular complexity index is 536. The van der Waals surface area contributed by atoms with Gasteiger partial charge in [0.2, 0.25) is 0 Å². The molecule has 0 saturated heterocycles. The molecule has 2 rings (SSSR count). The maximum absolute atomic E-state index is 10.1. The molecule has 100 valence electrons. The number of rotatable bonds is 5. The van der Waals surface area contributed by atoms with E-state index in [4.69, 9.17) is 11.6 Å². The highest BCUT2D eigenvalue weighted by atomic mass is 35.5. The Morgan fingerprint density at radius 2 is 1.89 bits per heavy atom. The number of hydrogen-bond acceptors (Lipinski definition) is 1. The van der Waals surface area contributed by atoms with Gasteiger partial charge < -0.3 is 5.11 Å². The lowest BCUT2D eigenvalue weighted by atomic mass is 10.0. The Morgan fingerprint density at radius 3 is 2.63 bits per heavy atom. The molecule has 2 aromatic rings. The van der Waals surface area contributed by atoms with Crippen LogP contribution >= 0.6 is 11.6 Å². The molecule has 19 heavy (non-hydrogen) atoms. The molecule has 0 amide bonds. The predicted octanol–water partition coefficient (Wildman–Crippen LogP) is 4.18. The van der Waals surface area contributed by atoms with E-state index in [1.165, 1.54) is 11.1 Å². The van der Waals surface area contributed by atoms with Crippen LogP contribution in [-0.2, 0) is 12.8 Å². The molecule has 0 aliphatic carbocycles. The molecule has 2 aromatic carbocycles. The summed E-state index contributed by atoms with van der Waals surface area (Å²) in [5.74, 6) is 0. The number of aliphatic hydroxyl groups is 1. The van der Waals surface area contributed by atoms with Crippen LogP contribution in [0.25, 0.3) is 0 Å². The lowest BCUT2D eigenvalue weighted by Crippen LogP contribution is -2.12. The first kappa shape index (κ1) is 14.1. The van der Waals surface area contributed by atoms with Crippen molar-refractivity contribution in [2.75, 3.05) is 0 Å². The first-order valence-electron chi connectivity index (χ1n) is 6.62. The zero-order chi connectivity index (χ0) is 13.7. The van der Waals surface area contributed by atoms with Crippen molar-refractivity contribution in [2.45, 2.75) is 32.3 Å². The van der Waals surface area contributed by atoms with Gasteiger partial charge in [0.05, 0.1) is 6.10 Å². The smallest absolute Gasteiger partial charge is 0.0584 e. The van der Waals surface area contributed by atoms with Crippen molar-refractivity contribution in [3.63, 3.8) is 0 Å². The van der Waals surface area contributed by atoms with Crippen LogP contribution in [0.3, 0.4) is 0 Å². The van der Waals surface area contributed by atoms with Crippen molar-refractivity contribution in [1.29, 1.82) is 0 Å². The third-order valence-electron chi connectivity index (χ3n) is 3.26. The van der Waals surface area contributed by atoms with Gasteiger partial charge >= 0.3 is 0 Å². The Hall–Kier alpha value is -1.31. The first-order chi connectivity index (χ1) is 9.15. The summed E-state index contributed by atoms with van der Waals surface area (Å²) in [6.45, 7) is 2.09. The van der Waals surface area contributed by atoms with E-state index in [-0.39, 0.29) is 6.10 Å². The molecular formula is C17H19ClO. The van der Waals surface area contributed by atoms with Crippen molar-refractivity contribution in [2.24, 2.45) is 0 Å². The monoisotopic (exact) mass is 274 g/mol. The van der Waals surface area contributed by atoms with Crippen molar-refractivity contribution in [1.82, 2.24) is 0 Å². The molecule has 0 saturated carbocycles. The molecule has 0 heterocycles. The summed E-state index contributed by atoms with van der Waals surface area (Å²) in [5, 5.41) is 10.8. The average molecular weight is 275 g/mol. The largest absolute Gasteiger partial charge is 0.393 e. The van der Waals surface area contributed by atoms with Crippen molar-refractivity contribution < 1.29 is 5.11 Å². The van der Waals surface area contributed by atoms with Crippen LogP contribution in [0.4, 0.5) is 0 Å². The summed E-state index contributed by atoms with van der Waals surface area (Å²) in [5.41, 5.74) is 3.55. The second-order valence-corrected chi connectivity index (χ2v) is 5.38. The molecule has 0 aliphatic rings. The van der Waals surface area contributed by atoms with Gasteiger partial charge in [0, 0.05) is 5.02 Å². The molecule has 0 bridgehead atoms. The molecule has 1 atom stereocenters. The number of benzene rings is 2. The van der Waals surface area contributed by atoms with Gasteiger partial charge in [0.25, 0.3) is 0 Å². The Balaban J connectivity index is 1.88. The maximum Gasteiger partial charge on any atom is 0.0584 e. The molecular weight excluding hydrogens is 256 g/mol. The summed E-state index contributed by atoms with van der Waals surface area (Å²) >= 11 is 6.10. The number of hydrogen-bond donors (Lipinski definition) is 1. The van der Waals surface area contributed by atoms with E-state index in [0.717, 1.165) is 23.4 Å². The van der Waals surface area contributed by atoms with Gasteiger partial charge in [-0.2, -0.15) is 0 Å². The summed E-state index contributed by atoms with van der Waals surface area (Å²) < 4.78 is 0. The van der Waals surface area contributed by atoms with Crippen molar-refractivity contribution in [3.8, 4) is 0 Å². The average Bonchev–Trinajstić information content (AvgIpc) is 2.39. The van der Waals surface area contributed by atoms with Crippen LogP contribution in [-0.4, -0.2) is 11.2 Å². The molecule has 1 N–H and O–H groups in total. The maximum atomic E-state index is 10.1. The van der Waals surface area contributed by atoms with Crippen LogP contribution in [0.2, 0.25) is 5.02 Å². The molecule has 1 nitrogen and oxygen atoms in total. The van der Waals surface area contributed by atoms with E-state index in [1.807, 2.05) is 24.3 Å². The van der Waals surface area contributed by atoms with E-state index in [2.05, 4.69) is 31.2 Å². The van der Waals surface area contributed by atoms with Crippen LogP contribution in [0, 0.1) is 6.92 Å². The van der Waals surface area contributed by atoms with Crippen LogP contribution in [0.1, 0.15) is 23.1 Å². The van der Waals surface area contributed by atoms with Gasteiger partial charge in [-0.25, -0.2) is 0 Å². The molecule has 0 spiro atoms. The van der Waals surface area contributed by atoms with Gasteiger partial charge in [-0.1, -0.05) is 59.6 Å². The zero-order valence-corrected chi connectivity index (χ0v) is 11.9. The normalized spacial score (nSPS) is 12.4. The fourth-order valence-corrected chi connectivity index (χ4v) is 2.43. The fraction of sp³-hybridized carbons (Fsp3) is 0.294. The summed E-state index contributed by atoms with van der Waals surface area (Å²) in [6, 6.07) is 16.1. The van der Waals surface area contributed by atoms with E-state index in [9.17, 15) is 5.11 Å². The molecule has 0 aromatic heterocycles. The summed E-state index contributed by atoms with van der Waals surface area (Å²) in [6.07, 6.45) is 1.92. The minimum Gasteiger partial charge on any atom is -0.393 e. The molecule has 0 radical (unpaired) electrons. The summed E-state index contributed by atoms with van der Waals surface area (Å²) in [7, 11) is 0. The Kier molecular flexibility index (Phi) is 5.00. The van der Waals surface area contributed by atoms with Crippen LogP contribution in [0.5, 0.6) is 0 Å². The minimum absolute atomic E-state index is 0.347. The molecule has 0 aliphatic heterocycles. The molecule has 1 unspecified atom stereocenters. The van der Waals surface area contributed by atoms with Gasteiger partial charge in [0.1, 0.15) is 0 Å². The van der Waals surface area contributed by atoms with E-state index in [0.29, 0.717) is 6.42 Å². The minimum atomic E-state index is -0.347. The number of aliphatic hydroxyl groups excluding tert-OH is 1. The lowest BCUT2D eigenvalue weighted by molar-refractivity contribution is 0.165. The molecule has 0 fully saturated rings. The Labute approximate surface area is 119 Å². The first-order valence-corrected chi connectivity index (χ1v) is 7.00. The topological polar surface area (TPSA) is 20.2 Å². The van der Waals surface area contributed by atoms with Gasteiger partial charge in [-0.05, 0) is 43.4 Å². The fourth-order valence-electron chi connectivity index (χ4n) is 2.22. The highest BCUT2D eigenvalue weighted by Crippen LogP contribution is 2.18. The number of aryl methyl sites for hydroxylation is 2. The quantitative estimate of drug-likeness (QED) is 0.867. The zero-order valence-electron chi connectivity index (χ0n) is 11.1. The highest BCUT2D eigenvalue weighted by Gasteiger charge is 2.08. The second kappa shape index (κ2) is 6.74. The Morgan fingerprint density at radius 1 is 1.11 bits per heavy atom. The number of halogens is 1. The van der Waals surface area contributed by atoms with Gasteiger partial charge in [-0.3, -0.25) is 0 Å². The lowest BCUT2D eigenvalue weighted by Gasteiger charge is -2.12. The molecule has 2 heteroatoms. The van der Waals surface area contributed by atoms with E-state index >= 15 is 0 Å². The van der Waals surface area contributed by atoms with Crippen LogP contribution < -0.4 is 0 Å². The third kappa shape index (κ3) is 4.38. The van der Waals surface area contributed by atoms with E-state index < -0.39 is 0 Å². The van der Waals surface area contributed by atoms with Gasteiger partial charge in [0.15, 0.2) is 0 Å².